The van der Waals surface area contributed by atoms with Gasteiger partial charge in [0.1, 0.15) is 11.9 Å². The lowest BCUT2D eigenvalue weighted by Crippen LogP contribution is -2.41. The largest absolute Gasteiger partial charge is 0.467 e. The summed E-state index contributed by atoms with van der Waals surface area (Å²) in [6.07, 6.45) is 5.97. The highest BCUT2D eigenvalue weighted by Gasteiger charge is 2.17. The van der Waals surface area contributed by atoms with Crippen molar-refractivity contribution in [1.29, 1.82) is 0 Å². The molecule has 2 rings (SSSR count). The summed E-state index contributed by atoms with van der Waals surface area (Å²) in [5.74, 6) is 1.29. The molecule has 7 heteroatoms. The number of piperidine rings is 1. The number of guanidine groups is 1. The first-order valence-corrected chi connectivity index (χ1v) is 9.18. The number of hydrogen-bond donors (Lipinski definition) is 3. The molecule has 0 saturated carbocycles. The van der Waals surface area contributed by atoms with E-state index in [0.29, 0.717) is 11.8 Å². The molecular weight excluding hydrogens is 431 g/mol. The van der Waals surface area contributed by atoms with Crippen molar-refractivity contribution in [2.75, 3.05) is 32.7 Å². The molecule has 0 bridgehead atoms. The van der Waals surface area contributed by atoms with Gasteiger partial charge >= 0.3 is 0 Å². The summed E-state index contributed by atoms with van der Waals surface area (Å²) in [6.45, 7) is 8.68. The minimum Gasteiger partial charge on any atom is -0.467 e. The Bertz CT molecular complexity index is 481. The zero-order chi connectivity index (χ0) is 17.2. The second-order valence-corrected chi connectivity index (χ2v) is 6.41. The number of nitrogens with zero attached hydrogens (tertiary/aromatic N) is 2. The number of furan rings is 1. The van der Waals surface area contributed by atoms with Crippen LogP contribution in [-0.4, -0.2) is 54.7 Å². The molecule has 0 spiro atoms. The average molecular weight is 464 g/mol. The Morgan fingerprint density at radius 3 is 2.96 bits per heavy atom. The lowest BCUT2D eigenvalue weighted by atomic mass is 10.0. The fourth-order valence-corrected chi connectivity index (χ4v) is 3.07. The van der Waals surface area contributed by atoms with Crippen molar-refractivity contribution in [3.05, 3.63) is 24.2 Å². The highest BCUT2D eigenvalue weighted by atomic mass is 127. The van der Waals surface area contributed by atoms with Crippen molar-refractivity contribution in [3.8, 4) is 0 Å². The SMILES string of the molecule is CCNC(=NCC(O)c1ccco1)NCCCN1CCCCC1C.I. The lowest BCUT2D eigenvalue weighted by Gasteiger charge is -2.33. The van der Waals surface area contributed by atoms with Crippen molar-refractivity contribution in [3.63, 3.8) is 0 Å². The second-order valence-electron chi connectivity index (χ2n) is 6.41. The minimum atomic E-state index is -0.704. The topological polar surface area (TPSA) is 73.0 Å². The zero-order valence-electron chi connectivity index (χ0n) is 15.4. The number of likely N-dealkylation sites (tertiary alicyclic amines) is 1. The Kier molecular flexibility index (Phi) is 11.2. The number of aliphatic imine (C=N–C) groups is 1. The van der Waals surface area contributed by atoms with E-state index in [0.717, 1.165) is 32.0 Å². The van der Waals surface area contributed by atoms with Crippen LogP contribution in [0.4, 0.5) is 0 Å². The van der Waals surface area contributed by atoms with Gasteiger partial charge in [-0.2, -0.15) is 0 Å². The molecule has 1 aliphatic rings. The third-order valence-corrected chi connectivity index (χ3v) is 4.49. The van der Waals surface area contributed by atoms with Crippen LogP contribution < -0.4 is 10.6 Å². The normalized spacial score (nSPS) is 20.0. The van der Waals surface area contributed by atoms with Crippen LogP contribution in [-0.2, 0) is 0 Å². The van der Waals surface area contributed by atoms with Gasteiger partial charge in [-0.1, -0.05) is 6.42 Å². The Labute approximate surface area is 168 Å². The Balaban J connectivity index is 0.00000312. The predicted molar refractivity (Wildman–Crippen MR) is 113 cm³/mol. The van der Waals surface area contributed by atoms with E-state index in [1.165, 1.54) is 25.8 Å². The van der Waals surface area contributed by atoms with E-state index in [9.17, 15) is 5.11 Å². The standard InChI is InChI=1S/C18H32N4O2.HI/c1-3-19-18(21-14-16(23)17-9-6-13-24-17)20-10-7-12-22-11-5-4-8-15(22)2;/h6,9,13,15-16,23H,3-5,7-8,10-12,14H2,1-2H3,(H2,19,20,21);1H. The van der Waals surface area contributed by atoms with Gasteiger partial charge in [0, 0.05) is 25.7 Å². The van der Waals surface area contributed by atoms with Gasteiger partial charge in [0.05, 0.1) is 12.8 Å². The number of rotatable bonds is 8. The van der Waals surface area contributed by atoms with E-state index < -0.39 is 6.10 Å². The minimum absolute atomic E-state index is 0. The van der Waals surface area contributed by atoms with Gasteiger partial charge in [-0.05, 0) is 51.8 Å². The summed E-state index contributed by atoms with van der Waals surface area (Å²) >= 11 is 0. The van der Waals surface area contributed by atoms with E-state index >= 15 is 0 Å². The first kappa shape index (κ1) is 22.2. The van der Waals surface area contributed by atoms with Crippen molar-refractivity contribution in [2.24, 2.45) is 4.99 Å². The Hall–Kier alpha value is -0.800. The number of nitrogens with one attached hydrogen (secondary N) is 2. The average Bonchev–Trinajstić information content (AvgIpc) is 3.12. The van der Waals surface area contributed by atoms with E-state index in [1.54, 1.807) is 18.4 Å². The van der Waals surface area contributed by atoms with Crippen LogP contribution in [0, 0.1) is 0 Å². The van der Waals surface area contributed by atoms with Crippen molar-refractivity contribution < 1.29 is 9.52 Å². The summed E-state index contributed by atoms with van der Waals surface area (Å²) in [4.78, 5) is 7.02. The Morgan fingerprint density at radius 1 is 1.44 bits per heavy atom. The van der Waals surface area contributed by atoms with Gasteiger partial charge in [-0.25, -0.2) is 0 Å². The zero-order valence-corrected chi connectivity index (χ0v) is 17.7. The van der Waals surface area contributed by atoms with Gasteiger partial charge in [0.2, 0.25) is 0 Å². The number of aliphatic hydroxyl groups excluding tert-OH is 1. The molecule has 2 atom stereocenters. The molecule has 0 radical (unpaired) electrons. The molecule has 6 nitrogen and oxygen atoms in total. The van der Waals surface area contributed by atoms with Crippen molar-refractivity contribution in [1.82, 2.24) is 15.5 Å². The maximum atomic E-state index is 10.0. The molecule has 0 aliphatic carbocycles. The molecule has 1 aliphatic heterocycles. The van der Waals surface area contributed by atoms with Crippen LogP contribution in [0.15, 0.2) is 27.8 Å². The van der Waals surface area contributed by atoms with Gasteiger partial charge < -0.3 is 25.1 Å². The number of hydrogen-bond acceptors (Lipinski definition) is 4. The van der Waals surface area contributed by atoms with Crippen molar-refractivity contribution in [2.45, 2.75) is 51.7 Å². The quantitative estimate of drug-likeness (QED) is 0.239. The summed E-state index contributed by atoms with van der Waals surface area (Å²) in [7, 11) is 0. The maximum absolute atomic E-state index is 10.0. The van der Waals surface area contributed by atoms with Crippen LogP contribution in [0.3, 0.4) is 0 Å². The molecule has 25 heavy (non-hydrogen) atoms. The summed E-state index contributed by atoms with van der Waals surface area (Å²) in [5.41, 5.74) is 0. The van der Waals surface area contributed by atoms with Crippen LogP contribution in [0.5, 0.6) is 0 Å². The van der Waals surface area contributed by atoms with Gasteiger partial charge in [0.15, 0.2) is 5.96 Å². The Morgan fingerprint density at radius 2 is 2.28 bits per heavy atom. The van der Waals surface area contributed by atoms with E-state index in [1.807, 2.05) is 6.92 Å². The molecule has 1 saturated heterocycles. The smallest absolute Gasteiger partial charge is 0.191 e. The molecule has 1 fully saturated rings. The lowest BCUT2D eigenvalue weighted by molar-refractivity contribution is 0.158. The van der Waals surface area contributed by atoms with Crippen molar-refractivity contribution >= 4 is 29.9 Å². The molecule has 0 aromatic carbocycles. The van der Waals surface area contributed by atoms with Crippen LogP contribution in [0.25, 0.3) is 0 Å². The van der Waals surface area contributed by atoms with Crippen LogP contribution >= 0.6 is 24.0 Å². The highest BCUT2D eigenvalue weighted by Crippen LogP contribution is 2.16. The fraction of sp³-hybridized carbons (Fsp3) is 0.722. The number of halogens is 1. The van der Waals surface area contributed by atoms with E-state index in [4.69, 9.17) is 4.42 Å². The first-order valence-electron chi connectivity index (χ1n) is 9.18. The molecule has 3 N–H and O–H groups in total. The van der Waals surface area contributed by atoms with Gasteiger partial charge in [0.25, 0.3) is 0 Å². The van der Waals surface area contributed by atoms with Crippen LogP contribution in [0.1, 0.15) is 51.4 Å². The predicted octanol–water partition coefficient (Wildman–Crippen LogP) is 2.75. The summed E-state index contributed by atoms with van der Waals surface area (Å²) in [5, 5.41) is 16.6. The molecule has 2 unspecified atom stereocenters. The third-order valence-electron chi connectivity index (χ3n) is 4.49. The molecule has 2 heterocycles. The molecule has 144 valence electrons. The highest BCUT2D eigenvalue weighted by molar-refractivity contribution is 14.0. The van der Waals surface area contributed by atoms with E-state index in [2.05, 4.69) is 27.4 Å². The van der Waals surface area contributed by atoms with Gasteiger partial charge in [-0.3, -0.25) is 4.99 Å². The fourth-order valence-electron chi connectivity index (χ4n) is 3.07. The summed E-state index contributed by atoms with van der Waals surface area (Å²) < 4.78 is 5.20. The number of aliphatic hydroxyl groups is 1. The molecule has 0 amide bonds. The van der Waals surface area contributed by atoms with Crippen LogP contribution in [0.2, 0.25) is 0 Å². The van der Waals surface area contributed by atoms with Gasteiger partial charge in [-0.15, -0.1) is 24.0 Å². The monoisotopic (exact) mass is 464 g/mol. The third kappa shape index (κ3) is 7.96. The van der Waals surface area contributed by atoms with E-state index in [-0.39, 0.29) is 30.5 Å². The maximum Gasteiger partial charge on any atom is 0.191 e. The molecular formula is C18H33IN4O2. The first-order chi connectivity index (χ1) is 11.7. The second kappa shape index (κ2) is 12.5. The molecule has 1 aromatic heterocycles. The molecule has 1 aromatic rings. The summed E-state index contributed by atoms with van der Waals surface area (Å²) in [6, 6.07) is 4.25.